The summed E-state index contributed by atoms with van der Waals surface area (Å²) in [5.74, 6) is 0. The zero-order valence-corrected chi connectivity index (χ0v) is 12.8. The molecule has 1 unspecified atom stereocenters. The zero-order valence-electron chi connectivity index (χ0n) is 12.8. The van der Waals surface area contributed by atoms with Crippen LogP contribution in [0.2, 0.25) is 0 Å². The lowest BCUT2D eigenvalue weighted by molar-refractivity contribution is 0.533. The molecular weight excluding hydrogens is 246 g/mol. The van der Waals surface area contributed by atoms with Crippen LogP contribution in [-0.2, 0) is 6.42 Å². The van der Waals surface area contributed by atoms with Crippen LogP contribution in [0.5, 0.6) is 0 Å². The summed E-state index contributed by atoms with van der Waals surface area (Å²) < 4.78 is 0. The van der Waals surface area contributed by atoms with Gasteiger partial charge in [-0.3, -0.25) is 9.97 Å². The van der Waals surface area contributed by atoms with Crippen molar-refractivity contribution in [2.24, 2.45) is 0 Å². The number of nitrogens with one attached hydrogen (secondary N) is 1. The molecule has 0 aliphatic rings. The van der Waals surface area contributed by atoms with Crippen LogP contribution < -0.4 is 5.32 Å². The molecule has 2 rings (SSSR count). The van der Waals surface area contributed by atoms with Crippen molar-refractivity contribution in [3.8, 4) is 0 Å². The van der Waals surface area contributed by atoms with Gasteiger partial charge in [0.2, 0.25) is 0 Å². The fraction of sp³-hybridized carbons (Fsp3) is 0.412. The van der Waals surface area contributed by atoms with Gasteiger partial charge in [0, 0.05) is 6.20 Å². The van der Waals surface area contributed by atoms with Gasteiger partial charge in [0.15, 0.2) is 0 Å². The SMILES string of the molecule is CCNC(Cc1cc(C)ccc1C)c1cnc(C)cn1. The molecule has 1 atom stereocenters. The number of aromatic nitrogens is 2. The molecule has 106 valence electrons. The van der Waals surface area contributed by atoms with Gasteiger partial charge in [-0.25, -0.2) is 0 Å². The predicted molar refractivity (Wildman–Crippen MR) is 82.8 cm³/mol. The number of likely N-dealkylation sites (N-methyl/N-ethyl adjacent to an activating group) is 1. The second kappa shape index (κ2) is 6.62. The summed E-state index contributed by atoms with van der Waals surface area (Å²) in [6, 6.07) is 6.83. The summed E-state index contributed by atoms with van der Waals surface area (Å²) in [5, 5.41) is 3.51. The molecule has 20 heavy (non-hydrogen) atoms. The third-order valence-corrected chi connectivity index (χ3v) is 3.54. The highest BCUT2D eigenvalue weighted by Gasteiger charge is 2.14. The molecule has 0 fully saturated rings. The lowest BCUT2D eigenvalue weighted by atomic mass is 9.97. The zero-order chi connectivity index (χ0) is 14.5. The van der Waals surface area contributed by atoms with Gasteiger partial charge in [-0.05, 0) is 44.9 Å². The normalized spacial score (nSPS) is 12.4. The van der Waals surface area contributed by atoms with Crippen LogP contribution in [0.15, 0.2) is 30.6 Å². The summed E-state index contributed by atoms with van der Waals surface area (Å²) in [4.78, 5) is 8.88. The molecule has 0 amide bonds. The van der Waals surface area contributed by atoms with Crippen molar-refractivity contribution in [1.29, 1.82) is 0 Å². The molecule has 0 bridgehead atoms. The molecule has 0 saturated carbocycles. The monoisotopic (exact) mass is 269 g/mol. The number of benzene rings is 1. The molecule has 1 N–H and O–H groups in total. The van der Waals surface area contributed by atoms with Crippen molar-refractivity contribution >= 4 is 0 Å². The van der Waals surface area contributed by atoms with E-state index in [1.54, 1.807) is 0 Å². The number of rotatable bonds is 5. The average molecular weight is 269 g/mol. The van der Waals surface area contributed by atoms with E-state index in [-0.39, 0.29) is 6.04 Å². The van der Waals surface area contributed by atoms with Gasteiger partial charge >= 0.3 is 0 Å². The molecule has 3 heteroatoms. The molecule has 0 spiro atoms. The Morgan fingerprint density at radius 2 is 1.90 bits per heavy atom. The first-order valence-corrected chi connectivity index (χ1v) is 7.18. The van der Waals surface area contributed by atoms with Crippen molar-refractivity contribution in [2.75, 3.05) is 6.54 Å². The fourth-order valence-electron chi connectivity index (χ4n) is 2.35. The van der Waals surface area contributed by atoms with Gasteiger partial charge < -0.3 is 5.32 Å². The van der Waals surface area contributed by atoms with Crippen LogP contribution in [0.3, 0.4) is 0 Å². The number of hydrogen-bond acceptors (Lipinski definition) is 3. The third-order valence-electron chi connectivity index (χ3n) is 3.54. The standard InChI is InChI=1S/C17H23N3/c1-5-18-16(17-11-19-14(4)10-20-17)9-15-8-12(2)6-7-13(15)3/h6-8,10-11,16,18H,5,9H2,1-4H3. The summed E-state index contributed by atoms with van der Waals surface area (Å²) >= 11 is 0. The van der Waals surface area contributed by atoms with Crippen LogP contribution in [0.1, 0.15) is 41.0 Å². The van der Waals surface area contributed by atoms with E-state index < -0.39 is 0 Å². The Bertz CT molecular complexity index is 561. The fourth-order valence-corrected chi connectivity index (χ4v) is 2.35. The Kier molecular flexibility index (Phi) is 4.85. The molecule has 3 nitrogen and oxygen atoms in total. The van der Waals surface area contributed by atoms with Crippen molar-refractivity contribution in [1.82, 2.24) is 15.3 Å². The van der Waals surface area contributed by atoms with E-state index in [2.05, 4.69) is 54.3 Å². The Morgan fingerprint density at radius 1 is 1.10 bits per heavy atom. The van der Waals surface area contributed by atoms with Gasteiger partial charge in [0.1, 0.15) is 0 Å². The van der Waals surface area contributed by atoms with Crippen LogP contribution in [0.25, 0.3) is 0 Å². The van der Waals surface area contributed by atoms with Crippen molar-refractivity contribution < 1.29 is 0 Å². The van der Waals surface area contributed by atoms with E-state index in [0.717, 1.165) is 24.4 Å². The number of nitrogens with zero attached hydrogens (tertiary/aromatic N) is 2. The maximum absolute atomic E-state index is 4.52. The average Bonchev–Trinajstić information content (AvgIpc) is 2.43. The molecule has 0 saturated heterocycles. The Balaban J connectivity index is 2.25. The van der Waals surface area contributed by atoms with E-state index in [4.69, 9.17) is 0 Å². The maximum Gasteiger partial charge on any atom is 0.0759 e. The summed E-state index contributed by atoms with van der Waals surface area (Å²) in [6.07, 6.45) is 4.66. The molecule has 2 aromatic rings. The summed E-state index contributed by atoms with van der Waals surface area (Å²) in [6.45, 7) is 9.31. The predicted octanol–water partition coefficient (Wildman–Crippen LogP) is 3.30. The lowest BCUT2D eigenvalue weighted by Crippen LogP contribution is -2.24. The molecule has 0 radical (unpaired) electrons. The molecule has 1 heterocycles. The minimum Gasteiger partial charge on any atom is -0.309 e. The van der Waals surface area contributed by atoms with Crippen LogP contribution >= 0.6 is 0 Å². The third kappa shape index (κ3) is 3.64. The highest BCUT2D eigenvalue weighted by atomic mass is 14.9. The molecule has 1 aromatic carbocycles. The first-order valence-electron chi connectivity index (χ1n) is 7.18. The Labute approximate surface area is 121 Å². The first-order chi connectivity index (χ1) is 9.60. The van der Waals surface area contributed by atoms with Gasteiger partial charge in [-0.2, -0.15) is 0 Å². The largest absolute Gasteiger partial charge is 0.309 e. The quantitative estimate of drug-likeness (QED) is 0.905. The topological polar surface area (TPSA) is 37.8 Å². The van der Waals surface area contributed by atoms with Crippen molar-refractivity contribution in [2.45, 2.75) is 40.2 Å². The second-order valence-electron chi connectivity index (χ2n) is 5.33. The second-order valence-corrected chi connectivity index (χ2v) is 5.33. The highest BCUT2D eigenvalue weighted by Crippen LogP contribution is 2.20. The van der Waals surface area contributed by atoms with Gasteiger partial charge in [0.05, 0.1) is 23.6 Å². The smallest absolute Gasteiger partial charge is 0.0759 e. The van der Waals surface area contributed by atoms with Gasteiger partial charge in [-0.15, -0.1) is 0 Å². The van der Waals surface area contributed by atoms with E-state index in [1.165, 1.54) is 16.7 Å². The maximum atomic E-state index is 4.52. The molecule has 1 aromatic heterocycles. The van der Waals surface area contributed by atoms with E-state index in [0.29, 0.717) is 0 Å². The van der Waals surface area contributed by atoms with Crippen LogP contribution in [0.4, 0.5) is 0 Å². The first kappa shape index (κ1) is 14.7. The Hall–Kier alpha value is -1.74. The minimum atomic E-state index is 0.216. The summed E-state index contributed by atoms with van der Waals surface area (Å²) in [7, 11) is 0. The summed E-state index contributed by atoms with van der Waals surface area (Å²) in [5.41, 5.74) is 5.97. The van der Waals surface area contributed by atoms with Crippen LogP contribution in [-0.4, -0.2) is 16.5 Å². The number of hydrogen-bond donors (Lipinski definition) is 1. The van der Waals surface area contributed by atoms with Crippen molar-refractivity contribution in [3.05, 3.63) is 58.7 Å². The van der Waals surface area contributed by atoms with Crippen LogP contribution in [0, 0.1) is 20.8 Å². The van der Waals surface area contributed by atoms with Gasteiger partial charge in [-0.1, -0.05) is 30.7 Å². The highest BCUT2D eigenvalue weighted by molar-refractivity contribution is 5.31. The Morgan fingerprint density at radius 3 is 2.55 bits per heavy atom. The van der Waals surface area contributed by atoms with E-state index >= 15 is 0 Å². The van der Waals surface area contributed by atoms with E-state index in [9.17, 15) is 0 Å². The molecule has 0 aliphatic carbocycles. The van der Waals surface area contributed by atoms with E-state index in [1.807, 2.05) is 19.3 Å². The number of aryl methyl sites for hydroxylation is 3. The lowest BCUT2D eigenvalue weighted by Gasteiger charge is -2.19. The minimum absolute atomic E-state index is 0.216. The van der Waals surface area contributed by atoms with Gasteiger partial charge in [0.25, 0.3) is 0 Å². The van der Waals surface area contributed by atoms with Crippen molar-refractivity contribution in [3.63, 3.8) is 0 Å². The molecule has 0 aliphatic heterocycles. The molecular formula is C17H23N3.